The molecule has 0 bridgehead atoms. The molecule has 12 heteroatoms. The molecule has 1 heterocycles. The molecule has 0 amide bonds. The zero-order valence-corrected chi connectivity index (χ0v) is 25.0. The van der Waals surface area contributed by atoms with Crippen LogP contribution in [0.2, 0.25) is 5.02 Å². The summed E-state index contributed by atoms with van der Waals surface area (Å²) in [5.74, 6) is 2.03. The third-order valence-corrected chi connectivity index (χ3v) is 6.54. The molecule has 2 N–H and O–H groups in total. The molecule has 1 aromatic heterocycles. The number of rotatable bonds is 9. The van der Waals surface area contributed by atoms with Crippen molar-refractivity contribution < 1.29 is 4.74 Å². The highest BCUT2D eigenvalue weighted by molar-refractivity contribution is 14.1. The molecule has 182 valence electrons. The molecule has 34 heavy (non-hydrogen) atoms. The maximum absolute atomic E-state index is 6.27. The Morgan fingerprint density at radius 2 is 1.79 bits per heavy atom. The first-order valence-electron chi connectivity index (χ1n) is 10.2. The third kappa shape index (κ3) is 7.43. The predicted molar refractivity (Wildman–Crippen MR) is 160 cm³/mol. The number of ether oxygens (including phenoxy) is 1. The average molecular weight is 728 g/mol. The van der Waals surface area contributed by atoms with Gasteiger partial charge in [-0.1, -0.05) is 17.7 Å². The van der Waals surface area contributed by atoms with Gasteiger partial charge in [0, 0.05) is 32.9 Å². The highest BCUT2D eigenvalue weighted by atomic mass is 127. The lowest BCUT2D eigenvalue weighted by Crippen LogP contribution is -2.25. The van der Waals surface area contributed by atoms with Crippen LogP contribution >= 0.6 is 69.2 Å². The van der Waals surface area contributed by atoms with Gasteiger partial charge in [-0.3, -0.25) is 0 Å². The lowest BCUT2D eigenvalue weighted by Gasteiger charge is -2.19. The van der Waals surface area contributed by atoms with E-state index in [0.29, 0.717) is 22.9 Å². The zero-order valence-electron chi connectivity index (χ0n) is 19.1. The minimum absolute atomic E-state index is 0. The Hall–Kier alpha value is -1.64. The molecule has 0 aliphatic rings. The summed E-state index contributed by atoms with van der Waals surface area (Å²) in [5, 5.41) is 8.23. The van der Waals surface area contributed by atoms with Crippen molar-refractivity contribution in [1.82, 2.24) is 15.0 Å². The summed E-state index contributed by atoms with van der Waals surface area (Å²) in [6, 6.07) is 9.75. The Labute approximate surface area is 238 Å². The number of nitrogens with one attached hydrogen (secondary N) is 2. The van der Waals surface area contributed by atoms with E-state index in [-0.39, 0.29) is 12.4 Å². The number of hydrazone groups is 1. The van der Waals surface area contributed by atoms with Crippen LogP contribution in [0.25, 0.3) is 0 Å². The van der Waals surface area contributed by atoms with Gasteiger partial charge in [0.15, 0.2) is 0 Å². The van der Waals surface area contributed by atoms with Gasteiger partial charge in [-0.05, 0) is 95.8 Å². The highest BCUT2D eigenvalue weighted by Gasteiger charge is 2.12. The Morgan fingerprint density at radius 1 is 1.09 bits per heavy atom. The van der Waals surface area contributed by atoms with Gasteiger partial charge in [-0.2, -0.15) is 20.1 Å². The molecule has 0 saturated heterocycles. The lowest BCUT2D eigenvalue weighted by atomic mass is 10.2. The van der Waals surface area contributed by atoms with Crippen LogP contribution in [0.5, 0.6) is 5.75 Å². The molecule has 0 unspecified atom stereocenters. The normalized spacial score (nSPS) is 10.7. The Bertz CT molecular complexity index is 1160. The third-order valence-electron chi connectivity index (χ3n) is 4.71. The Balaban J connectivity index is 0.00000408. The second-order valence-corrected chi connectivity index (χ2v) is 9.74. The number of methoxy groups -OCH3 is 1. The summed E-state index contributed by atoms with van der Waals surface area (Å²) in [7, 11) is 1.65. The standard InChI is InChI=1S/C22H24ClI2N7O.ClH/c1-5-32(6-2)22-29-20(27-16-8-7-13(3)17(23)11-16)28-21(30-22)31-26-12-14-9-15(24)10-18(25)19(14)33-4;/h7-12H,5-6H2,1-4H3,(H2,27,28,29,30,31);1H/b26-12+;. The number of nitrogens with zero attached hydrogens (tertiary/aromatic N) is 5. The summed E-state index contributed by atoms with van der Waals surface area (Å²) in [6.07, 6.45) is 1.69. The molecule has 0 atom stereocenters. The summed E-state index contributed by atoms with van der Waals surface area (Å²) in [4.78, 5) is 15.6. The van der Waals surface area contributed by atoms with Gasteiger partial charge in [-0.15, -0.1) is 12.4 Å². The van der Waals surface area contributed by atoms with Crippen LogP contribution < -0.4 is 20.4 Å². The van der Waals surface area contributed by atoms with E-state index in [1.54, 1.807) is 13.3 Å². The first-order chi connectivity index (χ1) is 15.8. The molecule has 2 aromatic carbocycles. The molecular formula is C22H25Cl2I2N7O. The number of aryl methyl sites for hydroxylation is 1. The Morgan fingerprint density at radius 3 is 2.44 bits per heavy atom. The van der Waals surface area contributed by atoms with Crippen molar-refractivity contribution in [1.29, 1.82) is 0 Å². The van der Waals surface area contributed by atoms with Gasteiger partial charge in [0.2, 0.25) is 17.8 Å². The van der Waals surface area contributed by atoms with Crippen LogP contribution in [0, 0.1) is 14.1 Å². The van der Waals surface area contributed by atoms with Crippen LogP contribution in [0.15, 0.2) is 35.4 Å². The number of halogens is 4. The minimum atomic E-state index is 0. The molecular weight excluding hydrogens is 703 g/mol. The van der Waals surface area contributed by atoms with Gasteiger partial charge in [0.25, 0.3) is 0 Å². The van der Waals surface area contributed by atoms with Gasteiger partial charge in [0.1, 0.15) is 5.75 Å². The lowest BCUT2D eigenvalue weighted by molar-refractivity contribution is 0.411. The number of aromatic nitrogens is 3. The fourth-order valence-corrected chi connectivity index (χ4v) is 5.26. The van der Waals surface area contributed by atoms with Crippen LogP contribution in [0.4, 0.5) is 23.5 Å². The molecule has 8 nitrogen and oxygen atoms in total. The van der Waals surface area contributed by atoms with Crippen molar-refractivity contribution in [2.24, 2.45) is 5.10 Å². The molecule has 0 aliphatic carbocycles. The zero-order chi connectivity index (χ0) is 24.0. The van der Waals surface area contributed by atoms with E-state index in [0.717, 1.165) is 42.8 Å². The van der Waals surface area contributed by atoms with Crippen LogP contribution in [0.1, 0.15) is 25.0 Å². The van der Waals surface area contributed by atoms with Crippen molar-refractivity contribution in [2.75, 3.05) is 35.8 Å². The van der Waals surface area contributed by atoms with E-state index in [4.69, 9.17) is 16.3 Å². The molecule has 3 aromatic rings. The fourth-order valence-electron chi connectivity index (χ4n) is 2.97. The molecule has 0 radical (unpaired) electrons. The smallest absolute Gasteiger partial charge is 0.250 e. The molecule has 0 fully saturated rings. The summed E-state index contributed by atoms with van der Waals surface area (Å²) in [5.41, 5.74) is 5.57. The predicted octanol–water partition coefficient (Wildman–Crippen LogP) is 6.51. The first-order valence-corrected chi connectivity index (χ1v) is 12.7. The monoisotopic (exact) mass is 727 g/mol. The largest absolute Gasteiger partial charge is 0.495 e. The van der Waals surface area contributed by atoms with Crippen LogP contribution in [-0.4, -0.2) is 41.4 Å². The first kappa shape index (κ1) is 28.6. The van der Waals surface area contributed by atoms with E-state index in [1.165, 1.54) is 0 Å². The van der Waals surface area contributed by atoms with Crippen molar-refractivity contribution in [3.05, 3.63) is 53.6 Å². The quantitative estimate of drug-likeness (QED) is 0.148. The highest BCUT2D eigenvalue weighted by Crippen LogP contribution is 2.27. The van der Waals surface area contributed by atoms with Gasteiger partial charge >= 0.3 is 0 Å². The number of anilines is 4. The van der Waals surface area contributed by atoms with Crippen molar-refractivity contribution in [2.45, 2.75) is 20.8 Å². The van der Waals surface area contributed by atoms with Crippen LogP contribution in [0.3, 0.4) is 0 Å². The topological polar surface area (TPSA) is 87.6 Å². The van der Waals surface area contributed by atoms with E-state index < -0.39 is 0 Å². The average Bonchev–Trinajstić information content (AvgIpc) is 2.77. The van der Waals surface area contributed by atoms with Crippen molar-refractivity contribution in [3.8, 4) is 5.75 Å². The van der Waals surface area contributed by atoms with E-state index in [9.17, 15) is 0 Å². The Kier molecular flexibility index (Phi) is 11.3. The maximum Gasteiger partial charge on any atom is 0.250 e. The minimum Gasteiger partial charge on any atom is -0.495 e. The maximum atomic E-state index is 6.27. The summed E-state index contributed by atoms with van der Waals surface area (Å²) < 4.78 is 7.62. The fraction of sp³-hybridized carbons (Fsp3) is 0.273. The summed E-state index contributed by atoms with van der Waals surface area (Å²) in [6.45, 7) is 7.58. The molecule has 0 spiro atoms. The van der Waals surface area contributed by atoms with E-state index in [2.05, 4.69) is 89.8 Å². The number of hydrogen-bond acceptors (Lipinski definition) is 8. The second-order valence-electron chi connectivity index (χ2n) is 6.92. The number of hydrogen-bond donors (Lipinski definition) is 2. The van der Waals surface area contributed by atoms with Gasteiger partial charge in [-0.25, -0.2) is 5.43 Å². The second kappa shape index (κ2) is 13.4. The van der Waals surface area contributed by atoms with Crippen molar-refractivity contribution in [3.63, 3.8) is 0 Å². The van der Waals surface area contributed by atoms with Crippen LogP contribution in [-0.2, 0) is 0 Å². The SMILES string of the molecule is CCN(CC)c1nc(N/N=C/c2cc(I)cc(I)c2OC)nc(Nc2ccc(C)c(Cl)c2)n1.Cl. The van der Waals surface area contributed by atoms with Gasteiger partial charge in [0.05, 0.1) is 16.9 Å². The molecule has 0 saturated carbocycles. The van der Waals surface area contributed by atoms with E-state index >= 15 is 0 Å². The molecule has 0 aliphatic heterocycles. The summed E-state index contributed by atoms with van der Waals surface area (Å²) >= 11 is 10.8. The van der Waals surface area contributed by atoms with E-state index in [1.807, 2.05) is 42.2 Å². The molecule has 3 rings (SSSR count). The van der Waals surface area contributed by atoms with Gasteiger partial charge < -0.3 is 15.0 Å². The number of benzene rings is 2. The van der Waals surface area contributed by atoms with Crippen molar-refractivity contribution >= 4 is 98.9 Å².